The standard InChI is InChI=1S/C18H25N3O2S/c1-3-24(22,23)20-10-9-17(13-20)11-18-19-12-15(2)21(18)14-16-7-5-4-6-8-16/h4-8,12,17H,3,9-11,13-14H2,1-2H3. The van der Waals surface area contributed by atoms with Crippen LogP contribution in [0.1, 0.15) is 30.4 Å². The number of benzene rings is 1. The molecule has 0 saturated carbocycles. The van der Waals surface area contributed by atoms with Crippen LogP contribution < -0.4 is 0 Å². The van der Waals surface area contributed by atoms with Crippen molar-refractivity contribution in [3.05, 3.63) is 53.6 Å². The van der Waals surface area contributed by atoms with Crippen molar-refractivity contribution in [2.75, 3.05) is 18.8 Å². The van der Waals surface area contributed by atoms with Crippen LogP contribution in [0.5, 0.6) is 0 Å². The Morgan fingerprint density at radius 3 is 2.71 bits per heavy atom. The molecule has 0 amide bonds. The van der Waals surface area contributed by atoms with E-state index in [9.17, 15) is 8.42 Å². The molecule has 1 fully saturated rings. The van der Waals surface area contributed by atoms with E-state index in [0.29, 0.717) is 19.0 Å². The van der Waals surface area contributed by atoms with Gasteiger partial charge < -0.3 is 4.57 Å². The van der Waals surface area contributed by atoms with Crippen molar-refractivity contribution in [1.82, 2.24) is 13.9 Å². The van der Waals surface area contributed by atoms with Gasteiger partial charge in [0.15, 0.2) is 0 Å². The lowest BCUT2D eigenvalue weighted by Gasteiger charge is -2.16. The Balaban J connectivity index is 1.71. The largest absolute Gasteiger partial charge is 0.328 e. The fourth-order valence-corrected chi connectivity index (χ4v) is 4.50. The summed E-state index contributed by atoms with van der Waals surface area (Å²) in [6, 6.07) is 10.4. The van der Waals surface area contributed by atoms with E-state index in [4.69, 9.17) is 0 Å². The van der Waals surface area contributed by atoms with Gasteiger partial charge >= 0.3 is 0 Å². The van der Waals surface area contributed by atoms with Crippen LogP contribution in [0.15, 0.2) is 36.5 Å². The zero-order valence-electron chi connectivity index (χ0n) is 14.4. The van der Waals surface area contributed by atoms with Gasteiger partial charge in [-0.25, -0.2) is 17.7 Å². The molecule has 0 radical (unpaired) electrons. The molecule has 3 rings (SSSR count). The maximum atomic E-state index is 12.0. The van der Waals surface area contributed by atoms with E-state index in [1.165, 1.54) is 5.56 Å². The third-order valence-electron chi connectivity index (χ3n) is 4.80. The van der Waals surface area contributed by atoms with E-state index in [0.717, 1.165) is 30.9 Å². The molecule has 130 valence electrons. The predicted octanol–water partition coefficient (Wildman–Crippen LogP) is 2.45. The third-order valence-corrected chi connectivity index (χ3v) is 6.65. The first-order valence-electron chi connectivity index (χ1n) is 8.52. The summed E-state index contributed by atoms with van der Waals surface area (Å²) < 4.78 is 27.9. The first kappa shape index (κ1) is 17.2. The first-order valence-corrected chi connectivity index (χ1v) is 10.1. The van der Waals surface area contributed by atoms with E-state index in [-0.39, 0.29) is 5.75 Å². The summed E-state index contributed by atoms with van der Waals surface area (Å²) in [5.41, 5.74) is 2.39. The van der Waals surface area contributed by atoms with Crippen molar-refractivity contribution >= 4 is 10.0 Å². The van der Waals surface area contributed by atoms with Crippen LogP contribution in [-0.4, -0.2) is 41.1 Å². The number of aryl methyl sites for hydroxylation is 1. The van der Waals surface area contributed by atoms with Crippen LogP contribution >= 0.6 is 0 Å². The highest BCUT2D eigenvalue weighted by Gasteiger charge is 2.31. The normalized spacial score (nSPS) is 19.0. The van der Waals surface area contributed by atoms with Gasteiger partial charge in [-0.3, -0.25) is 0 Å². The highest BCUT2D eigenvalue weighted by atomic mass is 32.2. The molecule has 0 bridgehead atoms. The van der Waals surface area contributed by atoms with E-state index in [1.54, 1.807) is 11.2 Å². The van der Waals surface area contributed by atoms with Crippen molar-refractivity contribution < 1.29 is 8.42 Å². The van der Waals surface area contributed by atoms with Gasteiger partial charge in [-0.15, -0.1) is 0 Å². The van der Waals surface area contributed by atoms with Gasteiger partial charge in [0.2, 0.25) is 10.0 Å². The van der Waals surface area contributed by atoms with Gasteiger partial charge in [0, 0.05) is 37.9 Å². The molecule has 1 aliphatic rings. The topological polar surface area (TPSA) is 55.2 Å². The minimum atomic E-state index is -3.07. The first-order chi connectivity index (χ1) is 11.5. The van der Waals surface area contributed by atoms with Gasteiger partial charge in [0.1, 0.15) is 5.82 Å². The zero-order chi connectivity index (χ0) is 17.2. The highest BCUT2D eigenvalue weighted by Crippen LogP contribution is 2.23. The minimum absolute atomic E-state index is 0.182. The van der Waals surface area contributed by atoms with Crippen molar-refractivity contribution in [1.29, 1.82) is 0 Å². The van der Waals surface area contributed by atoms with Gasteiger partial charge in [0.25, 0.3) is 0 Å². The number of hydrogen-bond donors (Lipinski definition) is 0. The molecule has 5 nitrogen and oxygen atoms in total. The summed E-state index contributed by atoms with van der Waals surface area (Å²) in [4.78, 5) is 4.58. The van der Waals surface area contributed by atoms with E-state index >= 15 is 0 Å². The summed E-state index contributed by atoms with van der Waals surface area (Å²) in [7, 11) is -3.07. The van der Waals surface area contributed by atoms with E-state index < -0.39 is 10.0 Å². The number of nitrogens with zero attached hydrogens (tertiary/aromatic N) is 3. The number of aromatic nitrogens is 2. The summed E-state index contributed by atoms with van der Waals surface area (Å²) in [5.74, 6) is 1.58. The van der Waals surface area contributed by atoms with Gasteiger partial charge in [-0.2, -0.15) is 0 Å². The number of hydrogen-bond acceptors (Lipinski definition) is 3. The molecule has 2 aromatic rings. The molecule has 1 aromatic heterocycles. The Labute approximate surface area is 144 Å². The second kappa shape index (κ2) is 7.07. The molecule has 0 aliphatic carbocycles. The van der Waals surface area contributed by atoms with Crippen LogP contribution in [-0.2, 0) is 23.0 Å². The fraction of sp³-hybridized carbons (Fsp3) is 0.500. The average Bonchev–Trinajstić information content (AvgIpc) is 3.19. The summed E-state index contributed by atoms with van der Waals surface area (Å²) in [5, 5.41) is 0. The fourth-order valence-electron chi connectivity index (χ4n) is 3.31. The lowest BCUT2D eigenvalue weighted by atomic mass is 10.0. The third kappa shape index (κ3) is 3.70. The lowest BCUT2D eigenvalue weighted by molar-refractivity contribution is 0.451. The zero-order valence-corrected chi connectivity index (χ0v) is 15.2. The maximum absolute atomic E-state index is 12.0. The van der Waals surface area contributed by atoms with E-state index in [1.807, 2.05) is 24.4 Å². The molecule has 1 unspecified atom stereocenters. The number of rotatable bonds is 6. The van der Waals surface area contributed by atoms with Crippen molar-refractivity contribution in [3.63, 3.8) is 0 Å². The molecule has 24 heavy (non-hydrogen) atoms. The molecule has 6 heteroatoms. The molecular weight excluding hydrogens is 322 g/mol. The quantitative estimate of drug-likeness (QED) is 0.806. The Morgan fingerprint density at radius 1 is 1.25 bits per heavy atom. The second-order valence-electron chi connectivity index (χ2n) is 6.50. The number of imidazole rings is 1. The van der Waals surface area contributed by atoms with Gasteiger partial charge in [-0.1, -0.05) is 30.3 Å². The van der Waals surface area contributed by atoms with E-state index in [2.05, 4.69) is 28.6 Å². The molecular formula is C18H25N3O2S. The van der Waals surface area contributed by atoms with Crippen molar-refractivity contribution in [2.24, 2.45) is 5.92 Å². The maximum Gasteiger partial charge on any atom is 0.213 e. The van der Waals surface area contributed by atoms with Crippen LogP contribution in [0.25, 0.3) is 0 Å². The summed E-state index contributed by atoms with van der Waals surface area (Å²) in [6.45, 7) is 5.85. The molecule has 1 saturated heterocycles. The summed E-state index contributed by atoms with van der Waals surface area (Å²) in [6.07, 6.45) is 3.65. The Bertz CT molecular complexity index is 784. The summed E-state index contributed by atoms with van der Waals surface area (Å²) >= 11 is 0. The highest BCUT2D eigenvalue weighted by molar-refractivity contribution is 7.89. The molecule has 1 aliphatic heterocycles. The van der Waals surface area contributed by atoms with Gasteiger partial charge in [0.05, 0.1) is 5.75 Å². The minimum Gasteiger partial charge on any atom is -0.328 e. The lowest BCUT2D eigenvalue weighted by Crippen LogP contribution is -2.30. The SMILES string of the molecule is CCS(=O)(=O)N1CCC(Cc2ncc(C)n2Cc2ccccc2)C1. The van der Waals surface area contributed by atoms with Crippen LogP contribution in [0.2, 0.25) is 0 Å². The Hall–Kier alpha value is -1.66. The monoisotopic (exact) mass is 347 g/mol. The Morgan fingerprint density at radius 2 is 2.00 bits per heavy atom. The smallest absolute Gasteiger partial charge is 0.213 e. The van der Waals surface area contributed by atoms with Crippen molar-refractivity contribution in [2.45, 2.75) is 33.2 Å². The second-order valence-corrected chi connectivity index (χ2v) is 8.76. The molecule has 2 heterocycles. The van der Waals surface area contributed by atoms with Crippen LogP contribution in [0, 0.1) is 12.8 Å². The predicted molar refractivity (Wildman–Crippen MR) is 95.4 cm³/mol. The van der Waals surface area contributed by atoms with Crippen molar-refractivity contribution in [3.8, 4) is 0 Å². The molecule has 1 atom stereocenters. The average molecular weight is 347 g/mol. The molecule has 1 aromatic carbocycles. The molecule has 0 N–H and O–H groups in total. The van der Waals surface area contributed by atoms with Gasteiger partial charge in [-0.05, 0) is 31.7 Å². The molecule has 0 spiro atoms. The van der Waals surface area contributed by atoms with Crippen LogP contribution in [0.4, 0.5) is 0 Å². The Kier molecular flexibility index (Phi) is 5.06. The number of sulfonamides is 1. The van der Waals surface area contributed by atoms with Crippen LogP contribution in [0.3, 0.4) is 0 Å².